The first-order valence-electron chi connectivity index (χ1n) is 5.57. The molecule has 0 aliphatic heterocycles. The van der Waals surface area contributed by atoms with Gasteiger partial charge < -0.3 is 9.84 Å². The van der Waals surface area contributed by atoms with E-state index >= 15 is 0 Å². The number of carbonyl (C=O) groups is 2. The number of carbonyl (C=O) groups excluding carboxylic acids is 1. The third-order valence-corrected chi connectivity index (χ3v) is 3.13. The molecule has 0 heterocycles. The summed E-state index contributed by atoms with van der Waals surface area (Å²) in [5.74, 6) is -1.00. The van der Waals surface area contributed by atoms with Gasteiger partial charge in [0, 0.05) is 5.57 Å². The van der Waals surface area contributed by atoms with Crippen LogP contribution in [0.3, 0.4) is 0 Å². The van der Waals surface area contributed by atoms with Gasteiger partial charge in [0.15, 0.2) is 11.2 Å². The molecule has 0 aromatic heterocycles. The number of allylic oxidation sites excluding steroid dienone is 3. The van der Waals surface area contributed by atoms with Crippen molar-refractivity contribution in [2.45, 2.75) is 20.3 Å². The number of ketones is 1. The Hall–Kier alpha value is -1.84. The number of hydrogen-bond acceptors (Lipinski definition) is 3. The summed E-state index contributed by atoms with van der Waals surface area (Å²) in [4.78, 5) is 23.2. The second-order valence-electron chi connectivity index (χ2n) is 4.17. The van der Waals surface area contributed by atoms with Gasteiger partial charge in [-0.2, -0.15) is 0 Å². The highest BCUT2D eigenvalue weighted by molar-refractivity contribution is 6.12. The minimum atomic E-state index is -1.52. The first-order chi connectivity index (χ1) is 8.05. The molecule has 1 N–H and O–H groups in total. The van der Waals surface area contributed by atoms with Crippen molar-refractivity contribution < 1.29 is 19.4 Å². The molecule has 1 unspecified atom stereocenters. The predicted octanol–water partition coefficient (Wildman–Crippen LogP) is 1.84. The smallest absolute Gasteiger partial charge is 0.326 e. The largest absolute Gasteiger partial charge is 0.493 e. The second kappa shape index (κ2) is 3.87. The second-order valence-corrected chi connectivity index (χ2v) is 4.17. The van der Waals surface area contributed by atoms with Crippen LogP contribution in [0, 0.1) is 5.41 Å². The van der Waals surface area contributed by atoms with Crippen LogP contribution in [0.1, 0.15) is 20.3 Å². The average molecular weight is 234 g/mol. The summed E-state index contributed by atoms with van der Waals surface area (Å²) in [7, 11) is 0. The summed E-state index contributed by atoms with van der Waals surface area (Å²) in [6.07, 6.45) is 5.82. The molecule has 2 aliphatic rings. The van der Waals surface area contributed by atoms with Crippen molar-refractivity contribution in [3.8, 4) is 0 Å². The molecule has 0 amide bonds. The zero-order valence-corrected chi connectivity index (χ0v) is 9.82. The summed E-state index contributed by atoms with van der Waals surface area (Å²) in [5, 5.41) is 9.37. The van der Waals surface area contributed by atoms with Gasteiger partial charge in [-0.05, 0) is 25.0 Å². The summed E-state index contributed by atoms with van der Waals surface area (Å²) in [6, 6.07) is 0. The highest BCUT2D eigenvalue weighted by Gasteiger charge is 2.55. The molecule has 2 bridgehead atoms. The Balaban J connectivity index is 2.47. The lowest BCUT2D eigenvalue weighted by molar-refractivity contribution is -0.148. The molecule has 17 heavy (non-hydrogen) atoms. The molecule has 4 nitrogen and oxygen atoms in total. The van der Waals surface area contributed by atoms with Crippen molar-refractivity contribution in [2.24, 2.45) is 5.41 Å². The van der Waals surface area contributed by atoms with Crippen molar-refractivity contribution in [1.82, 2.24) is 0 Å². The molecule has 0 saturated carbocycles. The zero-order chi connectivity index (χ0) is 12.6. The van der Waals surface area contributed by atoms with Gasteiger partial charge in [-0.15, -0.1) is 0 Å². The Morgan fingerprint density at radius 1 is 1.41 bits per heavy atom. The number of aliphatic carboxylic acids is 1. The highest BCUT2D eigenvalue weighted by atomic mass is 16.5. The normalized spacial score (nSPS) is 25.2. The van der Waals surface area contributed by atoms with Gasteiger partial charge in [-0.25, -0.2) is 0 Å². The van der Waals surface area contributed by atoms with Gasteiger partial charge in [0.05, 0.1) is 6.61 Å². The number of ether oxygens (including phenoxy) is 1. The molecule has 2 aliphatic carbocycles. The van der Waals surface area contributed by atoms with E-state index in [9.17, 15) is 14.7 Å². The Morgan fingerprint density at radius 3 is 2.59 bits per heavy atom. The van der Waals surface area contributed by atoms with Gasteiger partial charge >= 0.3 is 5.97 Å². The molecule has 0 fully saturated rings. The first-order valence-corrected chi connectivity index (χ1v) is 5.57. The number of hydrogen-bond donors (Lipinski definition) is 1. The van der Waals surface area contributed by atoms with Gasteiger partial charge in [0.25, 0.3) is 0 Å². The van der Waals surface area contributed by atoms with Crippen LogP contribution in [-0.2, 0) is 14.3 Å². The van der Waals surface area contributed by atoms with Crippen LogP contribution < -0.4 is 0 Å². The number of rotatable bonds is 5. The van der Waals surface area contributed by atoms with E-state index in [2.05, 4.69) is 0 Å². The molecular formula is C13H14O4. The molecule has 0 aromatic rings. The Labute approximate surface area is 99.3 Å². The maximum Gasteiger partial charge on any atom is 0.326 e. The van der Waals surface area contributed by atoms with Crippen molar-refractivity contribution in [2.75, 3.05) is 6.61 Å². The fourth-order valence-corrected chi connectivity index (χ4v) is 2.33. The van der Waals surface area contributed by atoms with E-state index in [1.165, 1.54) is 6.92 Å². The fourth-order valence-electron chi connectivity index (χ4n) is 2.33. The van der Waals surface area contributed by atoms with E-state index in [4.69, 9.17) is 4.74 Å². The quantitative estimate of drug-likeness (QED) is 0.737. The van der Waals surface area contributed by atoms with Crippen LogP contribution in [0.4, 0.5) is 0 Å². The Morgan fingerprint density at radius 2 is 2.12 bits per heavy atom. The Bertz CT molecular complexity index is 466. The van der Waals surface area contributed by atoms with Crippen LogP contribution in [-0.4, -0.2) is 23.5 Å². The van der Waals surface area contributed by atoms with Crippen LogP contribution in [0.25, 0.3) is 0 Å². The molecule has 0 aromatic carbocycles. The van der Waals surface area contributed by atoms with Crippen molar-refractivity contribution in [3.63, 3.8) is 0 Å². The molecule has 0 radical (unpaired) electrons. The maximum atomic E-state index is 11.7. The summed E-state index contributed by atoms with van der Waals surface area (Å²) in [5.41, 5.74) is -0.567. The standard InChI is InChI=1S/C13H14O4/c1-3-6-17-11-7-9-4-5-10(11)13(9,8(2)14)12(15)16/h4-5,7H,3,6H2,1-2H3,(H,15,16). The van der Waals surface area contributed by atoms with Gasteiger partial charge in [-0.3, -0.25) is 9.59 Å². The molecular weight excluding hydrogens is 220 g/mol. The fraction of sp³-hybridized carbons (Fsp3) is 0.385. The minimum Gasteiger partial charge on any atom is -0.493 e. The monoisotopic (exact) mass is 234 g/mol. The topological polar surface area (TPSA) is 63.6 Å². The number of carboxylic acids is 1. The van der Waals surface area contributed by atoms with Crippen molar-refractivity contribution in [1.29, 1.82) is 0 Å². The molecule has 1 atom stereocenters. The number of fused-ring (bicyclic) bond motifs is 2. The Kier molecular flexibility index (Phi) is 2.65. The van der Waals surface area contributed by atoms with Gasteiger partial charge in [0.2, 0.25) is 0 Å². The lowest BCUT2D eigenvalue weighted by atomic mass is 9.78. The summed E-state index contributed by atoms with van der Waals surface area (Å²) in [6.45, 7) is 3.79. The average Bonchev–Trinajstić information content (AvgIpc) is 2.79. The third-order valence-electron chi connectivity index (χ3n) is 3.13. The molecule has 4 heteroatoms. The number of carboxylic acid groups (broad SMARTS) is 1. The van der Waals surface area contributed by atoms with E-state index < -0.39 is 11.4 Å². The molecule has 0 spiro atoms. The van der Waals surface area contributed by atoms with Crippen LogP contribution in [0.5, 0.6) is 0 Å². The van der Waals surface area contributed by atoms with Crippen LogP contribution in [0.15, 0.2) is 35.1 Å². The van der Waals surface area contributed by atoms with Crippen LogP contribution in [0.2, 0.25) is 0 Å². The SMILES string of the molecule is CCCOC1=C2C=CC(=C1)C2(C(C)=O)C(=O)O. The zero-order valence-electron chi connectivity index (χ0n) is 9.82. The maximum absolute atomic E-state index is 11.7. The summed E-state index contributed by atoms with van der Waals surface area (Å²) < 4.78 is 5.48. The van der Waals surface area contributed by atoms with E-state index in [1.54, 1.807) is 18.2 Å². The molecule has 90 valence electrons. The number of Topliss-reactive ketones (excluding diaryl/α,β-unsaturated/α-hetero) is 1. The van der Waals surface area contributed by atoms with E-state index in [0.717, 1.165) is 6.42 Å². The third kappa shape index (κ3) is 1.37. The molecule has 0 saturated heterocycles. The minimum absolute atomic E-state index is 0.383. The lowest BCUT2D eigenvalue weighted by Crippen LogP contribution is -2.37. The van der Waals surface area contributed by atoms with E-state index in [1.807, 2.05) is 6.92 Å². The molecule has 2 rings (SSSR count). The first kappa shape index (κ1) is 11.6. The van der Waals surface area contributed by atoms with Crippen molar-refractivity contribution >= 4 is 11.8 Å². The predicted molar refractivity (Wildman–Crippen MR) is 61.2 cm³/mol. The highest BCUT2D eigenvalue weighted by Crippen LogP contribution is 2.50. The van der Waals surface area contributed by atoms with Crippen molar-refractivity contribution in [3.05, 3.63) is 35.1 Å². The lowest BCUT2D eigenvalue weighted by Gasteiger charge is -2.21. The van der Waals surface area contributed by atoms with E-state index in [-0.39, 0.29) is 5.78 Å². The summed E-state index contributed by atoms with van der Waals surface area (Å²) >= 11 is 0. The van der Waals surface area contributed by atoms with Gasteiger partial charge in [0.1, 0.15) is 5.76 Å². The van der Waals surface area contributed by atoms with Gasteiger partial charge in [-0.1, -0.05) is 19.1 Å². The van der Waals surface area contributed by atoms with E-state index in [0.29, 0.717) is 23.5 Å². The van der Waals surface area contributed by atoms with Crippen LogP contribution >= 0.6 is 0 Å².